The van der Waals surface area contributed by atoms with Gasteiger partial charge in [0, 0.05) is 30.0 Å². The molecule has 2 aromatic rings. The van der Waals surface area contributed by atoms with Crippen molar-refractivity contribution in [1.29, 1.82) is 0 Å². The van der Waals surface area contributed by atoms with Crippen molar-refractivity contribution in [3.8, 4) is 0 Å². The quantitative estimate of drug-likeness (QED) is 0.787. The first-order chi connectivity index (χ1) is 13.8. The zero-order chi connectivity index (χ0) is 18.9. The van der Waals surface area contributed by atoms with Crippen LogP contribution in [0.2, 0.25) is 0 Å². The standard InChI is InChI=1S/C25H32N2O/c1-2-8-21-20(7-1)10-11-22(21)26-17-14-24(23-9-3-6-16-27-23)15-18-28-25(19-24)12-4-5-13-25/h1-3,6-9,16,22,26H,4-5,10-15,17-19H2/t22-,24?/m1/s1. The summed E-state index contributed by atoms with van der Waals surface area (Å²) >= 11 is 0. The zero-order valence-corrected chi connectivity index (χ0v) is 16.8. The summed E-state index contributed by atoms with van der Waals surface area (Å²) in [4.78, 5) is 4.83. The van der Waals surface area contributed by atoms with Crippen molar-refractivity contribution in [1.82, 2.24) is 10.3 Å². The normalized spacial score (nSPS) is 28.5. The lowest BCUT2D eigenvalue weighted by Crippen LogP contribution is -2.47. The monoisotopic (exact) mass is 376 g/mol. The van der Waals surface area contributed by atoms with Gasteiger partial charge in [0.2, 0.25) is 0 Å². The first-order valence-electron chi connectivity index (χ1n) is 11.2. The number of pyridine rings is 1. The largest absolute Gasteiger partial charge is 0.375 e. The number of nitrogens with zero attached hydrogens (tertiary/aromatic N) is 1. The highest BCUT2D eigenvalue weighted by molar-refractivity contribution is 5.34. The second-order valence-corrected chi connectivity index (χ2v) is 9.15. The lowest BCUT2D eigenvalue weighted by Gasteiger charge is -2.46. The molecular weight excluding hydrogens is 344 g/mol. The molecule has 1 aromatic heterocycles. The van der Waals surface area contributed by atoms with Crippen LogP contribution in [0.1, 0.15) is 74.2 Å². The van der Waals surface area contributed by atoms with Gasteiger partial charge in [0.05, 0.1) is 5.60 Å². The fraction of sp³-hybridized carbons (Fsp3) is 0.560. The lowest BCUT2D eigenvalue weighted by molar-refractivity contribution is -0.104. The summed E-state index contributed by atoms with van der Waals surface area (Å²) in [5.74, 6) is 0. The molecule has 1 N–H and O–H groups in total. The van der Waals surface area contributed by atoms with E-state index in [-0.39, 0.29) is 11.0 Å². The molecule has 1 aromatic carbocycles. The molecule has 2 aliphatic carbocycles. The van der Waals surface area contributed by atoms with E-state index in [1.807, 2.05) is 12.3 Å². The van der Waals surface area contributed by atoms with Gasteiger partial charge in [-0.1, -0.05) is 43.2 Å². The molecule has 1 saturated carbocycles. The highest BCUT2D eigenvalue weighted by atomic mass is 16.5. The van der Waals surface area contributed by atoms with Crippen molar-refractivity contribution < 1.29 is 4.74 Å². The fourth-order valence-electron chi connectivity index (χ4n) is 6.05. The van der Waals surface area contributed by atoms with E-state index in [9.17, 15) is 0 Å². The predicted octanol–water partition coefficient (Wildman–Crippen LogP) is 5.11. The Morgan fingerprint density at radius 1 is 1.04 bits per heavy atom. The van der Waals surface area contributed by atoms with E-state index in [0.717, 1.165) is 32.4 Å². The van der Waals surface area contributed by atoms with Crippen LogP contribution in [0.15, 0.2) is 48.7 Å². The summed E-state index contributed by atoms with van der Waals surface area (Å²) < 4.78 is 6.38. The average molecular weight is 377 g/mol. The highest BCUT2D eigenvalue weighted by Gasteiger charge is 2.48. The Bertz CT molecular complexity index is 799. The first-order valence-corrected chi connectivity index (χ1v) is 11.2. The van der Waals surface area contributed by atoms with E-state index in [2.05, 4.69) is 41.7 Å². The van der Waals surface area contributed by atoms with E-state index in [1.165, 1.54) is 55.3 Å². The minimum absolute atomic E-state index is 0.107. The summed E-state index contributed by atoms with van der Waals surface area (Å²) in [6, 6.07) is 15.9. The molecule has 28 heavy (non-hydrogen) atoms. The molecule has 3 heteroatoms. The maximum absolute atomic E-state index is 6.38. The van der Waals surface area contributed by atoms with Crippen LogP contribution in [-0.4, -0.2) is 23.7 Å². The summed E-state index contributed by atoms with van der Waals surface area (Å²) in [6.07, 6.45) is 12.9. The molecule has 1 unspecified atom stereocenters. The molecule has 0 bridgehead atoms. The number of hydrogen-bond acceptors (Lipinski definition) is 3. The van der Waals surface area contributed by atoms with Gasteiger partial charge in [-0.3, -0.25) is 4.98 Å². The minimum atomic E-state index is 0.107. The Labute approximate surface area is 168 Å². The molecular formula is C25H32N2O. The second-order valence-electron chi connectivity index (χ2n) is 9.15. The first kappa shape index (κ1) is 18.3. The van der Waals surface area contributed by atoms with E-state index >= 15 is 0 Å². The summed E-state index contributed by atoms with van der Waals surface area (Å²) in [6.45, 7) is 1.93. The van der Waals surface area contributed by atoms with Crippen molar-refractivity contribution in [3.05, 3.63) is 65.5 Å². The molecule has 0 radical (unpaired) electrons. The molecule has 1 aliphatic heterocycles. The SMILES string of the molecule is c1ccc(C2(CCN[C@@H]3CCc4ccccc43)CCOC3(CCCC3)C2)nc1. The van der Waals surface area contributed by atoms with Gasteiger partial charge in [0.25, 0.3) is 0 Å². The van der Waals surface area contributed by atoms with Crippen LogP contribution in [0.5, 0.6) is 0 Å². The van der Waals surface area contributed by atoms with E-state index < -0.39 is 0 Å². The Morgan fingerprint density at radius 2 is 1.89 bits per heavy atom. The second kappa shape index (κ2) is 7.61. The number of ether oxygens (including phenoxy) is 1. The number of rotatable bonds is 5. The maximum Gasteiger partial charge on any atom is 0.0691 e. The third kappa shape index (κ3) is 3.40. The molecule has 1 spiro atoms. The molecule has 148 valence electrons. The molecule has 3 nitrogen and oxygen atoms in total. The van der Waals surface area contributed by atoms with E-state index in [4.69, 9.17) is 9.72 Å². The fourth-order valence-corrected chi connectivity index (χ4v) is 6.05. The van der Waals surface area contributed by atoms with Crippen LogP contribution in [0.3, 0.4) is 0 Å². The third-order valence-corrected chi connectivity index (χ3v) is 7.50. The molecule has 2 heterocycles. The van der Waals surface area contributed by atoms with Crippen LogP contribution in [0.4, 0.5) is 0 Å². The van der Waals surface area contributed by atoms with Gasteiger partial charge in [-0.15, -0.1) is 0 Å². The number of aromatic nitrogens is 1. The Kier molecular flexibility index (Phi) is 4.98. The maximum atomic E-state index is 6.38. The van der Waals surface area contributed by atoms with Crippen LogP contribution in [-0.2, 0) is 16.6 Å². The van der Waals surface area contributed by atoms with Gasteiger partial charge in [0.1, 0.15) is 0 Å². The number of fused-ring (bicyclic) bond motifs is 1. The highest BCUT2D eigenvalue weighted by Crippen LogP contribution is 2.49. The summed E-state index contributed by atoms with van der Waals surface area (Å²) in [7, 11) is 0. The van der Waals surface area contributed by atoms with Gasteiger partial charge < -0.3 is 10.1 Å². The van der Waals surface area contributed by atoms with Gasteiger partial charge in [-0.25, -0.2) is 0 Å². The van der Waals surface area contributed by atoms with Gasteiger partial charge >= 0.3 is 0 Å². The lowest BCUT2D eigenvalue weighted by atomic mass is 9.68. The molecule has 2 fully saturated rings. The zero-order valence-electron chi connectivity index (χ0n) is 16.8. The van der Waals surface area contributed by atoms with Crippen LogP contribution >= 0.6 is 0 Å². The number of hydrogen-bond donors (Lipinski definition) is 1. The average Bonchev–Trinajstić information content (AvgIpc) is 3.36. The molecule has 0 amide bonds. The van der Waals surface area contributed by atoms with Crippen molar-refractivity contribution in [2.45, 2.75) is 74.8 Å². The molecule has 1 saturated heterocycles. The summed E-state index contributed by atoms with van der Waals surface area (Å²) in [5, 5.41) is 3.89. The Morgan fingerprint density at radius 3 is 2.75 bits per heavy atom. The third-order valence-electron chi connectivity index (χ3n) is 7.50. The Balaban J connectivity index is 1.33. The van der Waals surface area contributed by atoms with E-state index in [1.54, 1.807) is 0 Å². The Hall–Kier alpha value is -1.71. The summed E-state index contributed by atoms with van der Waals surface area (Å²) in [5.41, 5.74) is 4.56. The molecule has 3 aliphatic rings. The number of aryl methyl sites for hydroxylation is 1. The van der Waals surface area contributed by atoms with Crippen LogP contribution in [0.25, 0.3) is 0 Å². The van der Waals surface area contributed by atoms with Crippen molar-refractivity contribution in [2.75, 3.05) is 13.2 Å². The topological polar surface area (TPSA) is 34.1 Å². The number of benzene rings is 1. The van der Waals surface area contributed by atoms with Crippen molar-refractivity contribution in [3.63, 3.8) is 0 Å². The number of nitrogens with one attached hydrogen (secondary N) is 1. The van der Waals surface area contributed by atoms with Gasteiger partial charge in [0.15, 0.2) is 0 Å². The van der Waals surface area contributed by atoms with Crippen LogP contribution < -0.4 is 5.32 Å². The van der Waals surface area contributed by atoms with E-state index in [0.29, 0.717) is 6.04 Å². The minimum Gasteiger partial charge on any atom is -0.375 e. The predicted molar refractivity (Wildman–Crippen MR) is 112 cm³/mol. The van der Waals surface area contributed by atoms with Gasteiger partial charge in [-0.05, 0) is 74.8 Å². The molecule has 5 rings (SSSR count). The van der Waals surface area contributed by atoms with Gasteiger partial charge in [-0.2, -0.15) is 0 Å². The smallest absolute Gasteiger partial charge is 0.0691 e. The van der Waals surface area contributed by atoms with Crippen molar-refractivity contribution in [2.24, 2.45) is 0 Å². The van der Waals surface area contributed by atoms with Crippen LogP contribution in [0, 0.1) is 0 Å². The molecule has 2 atom stereocenters. The van der Waals surface area contributed by atoms with Crippen molar-refractivity contribution >= 4 is 0 Å².